The molecular formula is C23H38N4O3. The van der Waals surface area contributed by atoms with Crippen molar-refractivity contribution in [3.63, 3.8) is 0 Å². The van der Waals surface area contributed by atoms with Crippen LogP contribution in [0.25, 0.3) is 0 Å². The summed E-state index contributed by atoms with van der Waals surface area (Å²) in [5.74, 6) is 0.900. The van der Waals surface area contributed by atoms with Gasteiger partial charge in [0.05, 0.1) is 6.61 Å². The van der Waals surface area contributed by atoms with Crippen molar-refractivity contribution in [2.24, 2.45) is 0 Å². The number of carbonyl (C=O) groups is 1. The molecule has 2 aliphatic rings. The van der Waals surface area contributed by atoms with Crippen LogP contribution in [0.5, 0.6) is 0 Å². The van der Waals surface area contributed by atoms with Crippen LogP contribution in [-0.4, -0.2) is 91.9 Å². The van der Waals surface area contributed by atoms with Gasteiger partial charge in [-0.2, -0.15) is 0 Å². The van der Waals surface area contributed by atoms with Gasteiger partial charge in [0.1, 0.15) is 5.82 Å². The van der Waals surface area contributed by atoms with Crippen LogP contribution in [0.2, 0.25) is 0 Å². The third kappa shape index (κ3) is 5.78. The Morgan fingerprint density at radius 3 is 2.57 bits per heavy atom. The second-order valence-corrected chi connectivity index (χ2v) is 8.33. The molecule has 0 unspecified atom stereocenters. The summed E-state index contributed by atoms with van der Waals surface area (Å²) in [6, 6.07) is 5.92. The van der Waals surface area contributed by atoms with Crippen LogP contribution >= 0.6 is 0 Å². The van der Waals surface area contributed by atoms with Gasteiger partial charge in [-0.05, 0) is 38.8 Å². The number of ether oxygens (including phenoxy) is 2. The number of hydrogen-bond donors (Lipinski definition) is 0. The molecule has 0 spiro atoms. The summed E-state index contributed by atoms with van der Waals surface area (Å²) in [5, 5.41) is 0. The molecule has 2 fully saturated rings. The van der Waals surface area contributed by atoms with Crippen molar-refractivity contribution in [2.75, 3.05) is 70.6 Å². The fourth-order valence-corrected chi connectivity index (χ4v) is 4.57. The number of aryl methyl sites for hydroxylation is 1. The Bertz CT molecular complexity index is 670. The molecule has 168 valence electrons. The van der Waals surface area contributed by atoms with Gasteiger partial charge in [0.2, 0.25) is 5.91 Å². The van der Waals surface area contributed by atoms with Gasteiger partial charge in [0.15, 0.2) is 0 Å². The minimum absolute atomic E-state index is 0.0550. The molecule has 0 atom stereocenters. The first kappa shape index (κ1) is 23.1. The first-order valence-corrected chi connectivity index (χ1v) is 11.4. The average Bonchev–Trinajstić information content (AvgIpc) is 2.78. The Hall–Kier alpha value is -1.54. The lowest BCUT2D eigenvalue weighted by Gasteiger charge is -2.51. The van der Waals surface area contributed by atoms with Gasteiger partial charge < -0.3 is 9.47 Å². The van der Waals surface area contributed by atoms with Gasteiger partial charge in [-0.1, -0.05) is 13.0 Å². The van der Waals surface area contributed by atoms with E-state index >= 15 is 0 Å². The molecular weight excluding hydrogens is 380 g/mol. The number of pyridine rings is 1. The van der Waals surface area contributed by atoms with E-state index in [0.717, 1.165) is 83.5 Å². The fraction of sp³-hybridized carbons (Fsp3) is 0.739. The quantitative estimate of drug-likeness (QED) is 0.574. The van der Waals surface area contributed by atoms with E-state index in [0.29, 0.717) is 13.0 Å². The minimum atomic E-state index is -0.0550. The second-order valence-electron chi connectivity index (χ2n) is 8.33. The maximum Gasteiger partial charge on any atom is 0.227 e. The number of rotatable bonds is 9. The van der Waals surface area contributed by atoms with E-state index < -0.39 is 0 Å². The number of piperazine rings is 1. The number of carbonyl (C=O) groups excluding carboxylic acids is 1. The molecule has 0 saturated carbocycles. The number of aromatic nitrogens is 1. The third-order valence-corrected chi connectivity index (χ3v) is 6.43. The molecule has 7 nitrogen and oxygen atoms in total. The summed E-state index contributed by atoms with van der Waals surface area (Å²) in [6.45, 7) is 14.8. The molecule has 30 heavy (non-hydrogen) atoms. The van der Waals surface area contributed by atoms with Crippen molar-refractivity contribution >= 4 is 11.7 Å². The maximum absolute atomic E-state index is 12.9. The Morgan fingerprint density at radius 2 is 1.93 bits per heavy atom. The highest BCUT2D eigenvalue weighted by Gasteiger charge is 2.42. The zero-order valence-corrected chi connectivity index (χ0v) is 18.9. The van der Waals surface area contributed by atoms with Crippen molar-refractivity contribution < 1.29 is 14.3 Å². The number of anilines is 1. The lowest BCUT2D eigenvalue weighted by atomic mass is 9.86. The molecule has 3 rings (SSSR count). The van der Waals surface area contributed by atoms with Gasteiger partial charge in [-0.15, -0.1) is 0 Å². The van der Waals surface area contributed by atoms with Crippen LogP contribution in [0, 0.1) is 6.92 Å². The smallest absolute Gasteiger partial charge is 0.227 e. The van der Waals surface area contributed by atoms with Gasteiger partial charge in [0, 0.05) is 76.7 Å². The highest BCUT2D eigenvalue weighted by molar-refractivity contribution is 5.92. The van der Waals surface area contributed by atoms with Crippen molar-refractivity contribution in [1.29, 1.82) is 0 Å². The van der Waals surface area contributed by atoms with Crippen LogP contribution in [0.3, 0.4) is 0 Å². The molecule has 1 amide bonds. The fourth-order valence-electron chi connectivity index (χ4n) is 4.57. The molecule has 0 aromatic carbocycles. The molecule has 7 heteroatoms. The SMILES string of the molecule is CCOCCN1CCN(C2(CN(C(=O)CC)c3cccc(C)n3)CCOCC2)CC1. The Balaban J connectivity index is 1.75. The van der Waals surface area contributed by atoms with E-state index in [9.17, 15) is 4.79 Å². The Kier molecular flexibility index (Phi) is 8.62. The van der Waals surface area contributed by atoms with E-state index in [-0.39, 0.29) is 11.4 Å². The van der Waals surface area contributed by atoms with E-state index in [4.69, 9.17) is 9.47 Å². The zero-order chi connectivity index (χ0) is 21.4. The van der Waals surface area contributed by atoms with Crippen LogP contribution in [0.15, 0.2) is 18.2 Å². The largest absolute Gasteiger partial charge is 0.381 e. The highest BCUT2D eigenvalue weighted by Crippen LogP contribution is 2.32. The minimum Gasteiger partial charge on any atom is -0.381 e. The topological polar surface area (TPSA) is 58.1 Å². The van der Waals surface area contributed by atoms with E-state index in [2.05, 4.69) is 14.8 Å². The van der Waals surface area contributed by atoms with E-state index in [1.165, 1.54) is 0 Å². The number of hydrogen-bond acceptors (Lipinski definition) is 6. The molecule has 0 radical (unpaired) electrons. The molecule has 2 aliphatic heterocycles. The van der Waals surface area contributed by atoms with Crippen LogP contribution in [-0.2, 0) is 14.3 Å². The summed E-state index contributed by atoms with van der Waals surface area (Å²) < 4.78 is 11.2. The van der Waals surface area contributed by atoms with E-state index in [1.807, 2.05) is 43.9 Å². The third-order valence-electron chi connectivity index (χ3n) is 6.43. The highest BCUT2D eigenvalue weighted by atomic mass is 16.5. The van der Waals surface area contributed by atoms with Crippen LogP contribution in [0.1, 0.15) is 38.8 Å². The molecule has 0 aliphatic carbocycles. The van der Waals surface area contributed by atoms with Gasteiger partial charge >= 0.3 is 0 Å². The average molecular weight is 419 g/mol. The molecule has 0 N–H and O–H groups in total. The maximum atomic E-state index is 12.9. The monoisotopic (exact) mass is 418 g/mol. The van der Waals surface area contributed by atoms with Gasteiger partial charge in [-0.25, -0.2) is 4.98 Å². The summed E-state index contributed by atoms with van der Waals surface area (Å²) in [6.07, 6.45) is 2.38. The number of nitrogens with zero attached hydrogens (tertiary/aromatic N) is 4. The van der Waals surface area contributed by atoms with Crippen molar-refractivity contribution in [3.05, 3.63) is 23.9 Å². The first-order valence-electron chi connectivity index (χ1n) is 11.4. The Labute approximate surface area is 181 Å². The molecule has 1 aromatic rings. The lowest BCUT2D eigenvalue weighted by molar-refractivity contribution is -0.119. The van der Waals surface area contributed by atoms with Crippen LogP contribution < -0.4 is 4.90 Å². The summed E-state index contributed by atoms with van der Waals surface area (Å²) in [5.41, 5.74) is 0.880. The summed E-state index contributed by atoms with van der Waals surface area (Å²) in [4.78, 5) is 24.6. The number of amides is 1. The zero-order valence-electron chi connectivity index (χ0n) is 18.9. The molecule has 3 heterocycles. The van der Waals surface area contributed by atoms with Gasteiger partial charge in [0.25, 0.3) is 0 Å². The summed E-state index contributed by atoms with van der Waals surface area (Å²) in [7, 11) is 0. The second kappa shape index (κ2) is 11.2. The standard InChI is InChI=1S/C23H38N4O3/c1-4-22(28)27(21-8-6-7-20(3)24-21)19-23(9-16-30-17-10-23)26-13-11-25(12-14-26)15-18-29-5-2/h6-8H,4-5,9-19H2,1-3H3. The molecule has 2 saturated heterocycles. The summed E-state index contributed by atoms with van der Waals surface area (Å²) >= 11 is 0. The van der Waals surface area contributed by atoms with Crippen molar-refractivity contribution in [1.82, 2.24) is 14.8 Å². The normalized spacial score (nSPS) is 20.2. The first-order chi connectivity index (χ1) is 14.6. The van der Waals surface area contributed by atoms with Crippen molar-refractivity contribution in [3.8, 4) is 0 Å². The molecule has 1 aromatic heterocycles. The lowest BCUT2D eigenvalue weighted by Crippen LogP contribution is -2.63. The molecule has 0 bridgehead atoms. The predicted molar refractivity (Wildman–Crippen MR) is 119 cm³/mol. The van der Waals surface area contributed by atoms with E-state index in [1.54, 1.807) is 0 Å². The van der Waals surface area contributed by atoms with Gasteiger partial charge in [-0.3, -0.25) is 19.5 Å². The predicted octanol–water partition coefficient (Wildman–Crippen LogP) is 2.34. The van der Waals surface area contributed by atoms with Crippen molar-refractivity contribution in [2.45, 2.75) is 45.6 Å². The van der Waals surface area contributed by atoms with Crippen LogP contribution in [0.4, 0.5) is 5.82 Å². The Morgan fingerprint density at radius 1 is 1.20 bits per heavy atom.